The van der Waals surface area contributed by atoms with Crippen LogP contribution in [-0.4, -0.2) is 20.4 Å². The number of amidine groups is 1. The lowest BCUT2D eigenvalue weighted by Crippen LogP contribution is -2.17. The van der Waals surface area contributed by atoms with Gasteiger partial charge in [-0.15, -0.1) is 0 Å². The van der Waals surface area contributed by atoms with Crippen LogP contribution in [0.5, 0.6) is 0 Å². The molecule has 268 valence electrons. The third-order valence-electron chi connectivity index (χ3n) is 12.4. The maximum Gasteiger partial charge on any atom is 0.229 e. The molecule has 57 heavy (non-hydrogen) atoms. The van der Waals surface area contributed by atoms with E-state index in [1.54, 1.807) is 0 Å². The van der Waals surface area contributed by atoms with Gasteiger partial charge in [-0.1, -0.05) is 141 Å². The molecule has 10 aromatic rings. The van der Waals surface area contributed by atoms with Crippen molar-refractivity contribution < 1.29 is 0 Å². The summed E-state index contributed by atoms with van der Waals surface area (Å²) in [4.78, 5) is 13.4. The summed E-state index contributed by atoms with van der Waals surface area (Å²) >= 11 is 0. The summed E-state index contributed by atoms with van der Waals surface area (Å²) in [5.41, 5.74) is 17.2. The van der Waals surface area contributed by atoms with E-state index >= 15 is 0 Å². The monoisotopic (exact) mass is 729 g/mol. The van der Waals surface area contributed by atoms with E-state index in [0.717, 1.165) is 38.9 Å². The first-order chi connectivity index (χ1) is 27.9. The summed E-state index contributed by atoms with van der Waals surface area (Å²) in [5.74, 6) is 0.136. The third kappa shape index (κ3) is 4.48. The van der Waals surface area contributed by atoms with Crippen molar-refractivity contribution in [2.75, 3.05) is 0 Å². The van der Waals surface area contributed by atoms with E-state index in [2.05, 4.69) is 163 Å². The number of aromatic nitrogens is 3. The zero-order valence-electron chi connectivity index (χ0n) is 31.4. The number of benzene rings is 8. The van der Waals surface area contributed by atoms with Gasteiger partial charge in [0.25, 0.3) is 0 Å². The Morgan fingerprint density at radius 1 is 0.579 bits per heavy atom. The summed E-state index contributed by atoms with van der Waals surface area (Å²) in [6.45, 7) is 4.60. The Kier molecular flexibility index (Phi) is 6.48. The molecule has 0 unspecified atom stereocenters. The highest BCUT2D eigenvalue weighted by Crippen LogP contribution is 2.51. The fraction of sp³-hybridized carbons (Fsp3) is 0.0577. The first-order valence-electron chi connectivity index (χ1n) is 19.5. The van der Waals surface area contributed by atoms with Crippen LogP contribution in [0.3, 0.4) is 0 Å². The molecule has 0 aliphatic heterocycles. The lowest BCUT2D eigenvalue weighted by Gasteiger charge is -2.22. The van der Waals surface area contributed by atoms with Gasteiger partial charge < -0.3 is 9.55 Å². The van der Waals surface area contributed by atoms with Crippen molar-refractivity contribution in [3.63, 3.8) is 0 Å². The van der Waals surface area contributed by atoms with Crippen molar-refractivity contribution in [1.29, 1.82) is 5.41 Å². The van der Waals surface area contributed by atoms with E-state index in [1.165, 1.54) is 66.1 Å². The Morgan fingerprint density at radius 3 is 2.12 bits per heavy atom. The molecule has 0 spiro atoms. The van der Waals surface area contributed by atoms with Crippen LogP contribution in [-0.2, 0) is 5.41 Å². The molecule has 0 atom stereocenters. The number of rotatable bonds is 3. The zero-order chi connectivity index (χ0) is 38.0. The fourth-order valence-corrected chi connectivity index (χ4v) is 9.81. The summed E-state index contributed by atoms with van der Waals surface area (Å²) in [6, 6.07) is 58.3. The number of H-pyrrole nitrogens is 1. The number of para-hydroxylation sites is 1. The topological polar surface area (TPSA) is 69.8 Å². The maximum absolute atomic E-state index is 9.35. The van der Waals surface area contributed by atoms with E-state index in [-0.39, 0.29) is 11.3 Å². The highest BCUT2D eigenvalue weighted by Gasteiger charge is 2.35. The predicted octanol–water partition coefficient (Wildman–Crippen LogP) is 12.4. The van der Waals surface area contributed by atoms with Crippen molar-refractivity contribution in [3.8, 4) is 50.3 Å². The van der Waals surface area contributed by atoms with Gasteiger partial charge in [-0.25, -0.2) is 4.98 Å². The Morgan fingerprint density at radius 2 is 1.26 bits per heavy atom. The lowest BCUT2D eigenvalue weighted by atomic mass is 9.82. The van der Waals surface area contributed by atoms with Gasteiger partial charge in [-0.05, 0) is 91.7 Å². The molecule has 5 heteroatoms. The molecule has 0 saturated heterocycles. The summed E-state index contributed by atoms with van der Waals surface area (Å²) in [6.07, 6.45) is 0. The molecule has 2 aliphatic rings. The number of nitrogens with one attached hydrogen (secondary N) is 2. The molecule has 2 aromatic heterocycles. The number of fused-ring (bicyclic) bond motifs is 7. The van der Waals surface area contributed by atoms with Crippen molar-refractivity contribution >= 4 is 49.3 Å². The molecule has 2 heterocycles. The molecule has 0 radical (unpaired) electrons. The summed E-state index contributed by atoms with van der Waals surface area (Å²) in [7, 11) is 0. The molecule has 2 aliphatic carbocycles. The predicted molar refractivity (Wildman–Crippen MR) is 234 cm³/mol. The highest BCUT2D eigenvalue weighted by atomic mass is 15.0. The standard InChI is InChI=1S/C52H35N5/c1-52(2)41-21-7-5-17-36(41)37-26-24-31(29-42(37)52)49-40-18-6-8-22-43(40)54-51(55-49)56-50(53)32-13-9-14-33(28-32)57-44-23-11-20-39-35-16-4-3-15-34(35)38-19-10-12-30-25-27-45(57)48(46(30)38)47(39)44/h3-29H,1-2H3,(H2,53,54,55,56). The van der Waals surface area contributed by atoms with Gasteiger partial charge in [-0.2, -0.15) is 4.99 Å². The van der Waals surface area contributed by atoms with Crippen molar-refractivity contribution in [2.45, 2.75) is 19.3 Å². The molecule has 0 fully saturated rings. The van der Waals surface area contributed by atoms with Crippen LogP contribution >= 0.6 is 0 Å². The van der Waals surface area contributed by atoms with E-state index in [4.69, 9.17) is 9.98 Å². The number of nitrogens with zero attached hydrogens (tertiary/aromatic N) is 3. The Hall–Kier alpha value is -7.37. The first-order valence-corrected chi connectivity index (χ1v) is 19.5. The van der Waals surface area contributed by atoms with Crippen LogP contribution in [0.2, 0.25) is 0 Å². The molecule has 0 bridgehead atoms. The Bertz CT molecular complexity index is 3470. The molecule has 12 rings (SSSR count). The van der Waals surface area contributed by atoms with Crippen molar-refractivity contribution in [3.05, 3.63) is 186 Å². The highest BCUT2D eigenvalue weighted by molar-refractivity contribution is 6.30. The van der Waals surface area contributed by atoms with Crippen LogP contribution < -0.4 is 5.62 Å². The molecule has 8 aromatic carbocycles. The molecular formula is C52H35N5. The molecular weight excluding hydrogens is 695 g/mol. The third-order valence-corrected chi connectivity index (χ3v) is 12.4. The minimum atomic E-state index is -0.131. The van der Waals surface area contributed by atoms with E-state index in [0.29, 0.717) is 11.2 Å². The van der Waals surface area contributed by atoms with Crippen LogP contribution in [0.25, 0.3) is 93.8 Å². The zero-order valence-corrected chi connectivity index (χ0v) is 31.4. The second-order valence-corrected chi connectivity index (χ2v) is 15.8. The minimum absolute atomic E-state index is 0.131. The minimum Gasteiger partial charge on any atom is -0.323 e. The van der Waals surface area contributed by atoms with E-state index in [1.807, 2.05) is 24.3 Å². The van der Waals surface area contributed by atoms with Gasteiger partial charge in [0.15, 0.2) is 5.84 Å². The van der Waals surface area contributed by atoms with Gasteiger partial charge in [0.1, 0.15) is 0 Å². The number of hydrogen-bond donors (Lipinski definition) is 2. The normalized spacial score (nSPS) is 13.8. The maximum atomic E-state index is 9.35. The smallest absolute Gasteiger partial charge is 0.229 e. The number of aromatic amines is 1. The SMILES string of the molecule is CC1(C)c2ccccc2-c2ccc(-c3nc(=NC(=N)c4cccc(-n5c6cccc7c6c6c8c(cccc8ccc65)-c5ccccc5-7)c4)[nH]c4ccccc34)cc21. The second-order valence-electron chi connectivity index (χ2n) is 15.8. The van der Waals surface area contributed by atoms with E-state index in [9.17, 15) is 5.41 Å². The van der Waals surface area contributed by atoms with Gasteiger partial charge >= 0.3 is 0 Å². The van der Waals surface area contributed by atoms with Gasteiger partial charge in [0, 0.05) is 38.4 Å². The summed E-state index contributed by atoms with van der Waals surface area (Å²) < 4.78 is 2.35. The van der Waals surface area contributed by atoms with Crippen LogP contribution in [0.1, 0.15) is 30.5 Å². The van der Waals surface area contributed by atoms with Crippen molar-refractivity contribution in [2.24, 2.45) is 4.99 Å². The average Bonchev–Trinajstić information content (AvgIpc) is 3.66. The molecule has 0 amide bonds. The average molecular weight is 730 g/mol. The van der Waals surface area contributed by atoms with Crippen LogP contribution in [0.15, 0.2) is 169 Å². The van der Waals surface area contributed by atoms with Gasteiger partial charge in [0.2, 0.25) is 5.62 Å². The molecule has 0 saturated carbocycles. The van der Waals surface area contributed by atoms with Crippen LogP contribution in [0.4, 0.5) is 0 Å². The second kappa shape index (κ2) is 11.6. The van der Waals surface area contributed by atoms with E-state index < -0.39 is 0 Å². The lowest BCUT2D eigenvalue weighted by molar-refractivity contribution is 0.660. The fourth-order valence-electron chi connectivity index (χ4n) is 9.81. The van der Waals surface area contributed by atoms with Crippen LogP contribution in [0, 0.1) is 5.41 Å². The largest absolute Gasteiger partial charge is 0.323 e. The van der Waals surface area contributed by atoms with Gasteiger partial charge in [-0.3, -0.25) is 5.41 Å². The molecule has 5 nitrogen and oxygen atoms in total. The summed E-state index contributed by atoms with van der Waals surface area (Å²) in [5, 5.41) is 15.4. The van der Waals surface area contributed by atoms with Gasteiger partial charge in [0.05, 0.1) is 22.2 Å². The molecule has 2 N–H and O–H groups in total. The Labute approximate surface area is 328 Å². The first kappa shape index (κ1) is 31.9. The quantitative estimate of drug-likeness (QED) is 0.138. The van der Waals surface area contributed by atoms with Crippen molar-refractivity contribution in [1.82, 2.24) is 14.5 Å². The Balaban J connectivity index is 1.00. The number of hydrogen-bond acceptors (Lipinski definition) is 2.